The third-order valence-corrected chi connectivity index (χ3v) is 2.53. The summed E-state index contributed by atoms with van der Waals surface area (Å²) in [5.74, 6) is -0.570. The summed E-state index contributed by atoms with van der Waals surface area (Å²) in [7, 11) is 1.56. The Morgan fingerprint density at radius 1 is 1.42 bits per heavy atom. The topological polar surface area (TPSA) is 56.1 Å². The van der Waals surface area contributed by atoms with Crippen LogP contribution in [0.3, 0.4) is 0 Å². The van der Waals surface area contributed by atoms with Crippen molar-refractivity contribution < 1.29 is 13.9 Å². The largest absolute Gasteiger partial charge is 0.383 e. The van der Waals surface area contributed by atoms with Crippen LogP contribution in [0.1, 0.15) is 10.5 Å². The lowest BCUT2D eigenvalue weighted by atomic mass is 10.3. The van der Waals surface area contributed by atoms with Gasteiger partial charge in [0, 0.05) is 25.5 Å². The second-order valence-corrected chi connectivity index (χ2v) is 3.89. The van der Waals surface area contributed by atoms with Gasteiger partial charge < -0.3 is 14.6 Å². The van der Waals surface area contributed by atoms with Crippen LogP contribution in [0.2, 0.25) is 0 Å². The van der Waals surface area contributed by atoms with Crippen LogP contribution in [-0.2, 0) is 4.74 Å². The number of halogens is 1. The molecule has 1 aromatic heterocycles. The first kappa shape index (κ1) is 13.2. The lowest BCUT2D eigenvalue weighted by molar-refractivity contribution is 0.0932. The number of hydrogen-bond acceptors (Lipinski definition) is 3. The van der Waals surface area contributed by atoms with Crippen molar-refractivity contribution in [3.8, 4) is 5.69 Å². The molecule has 0 spiro atoms. The molecule has 1 heterocycles. The minimum Gasteiger partial charge on any atom is -0.383 e. The van der Waals surface area contributed by atoms with Gasteiger partial charge >= 0.3 is 0 Å². The molecule has 0 aliphatic carbocycles. The Labute approximate surface area is 110 Å². The normalized spacial score (nSPS) is 10.4. The van der Waals surface area contributed by atoms with Gasteiger partial charge in [0.15, 0.2) is 0 Å². The fourth-order valence-corrected chi connectivity index (χ4v) is 1.55. The fraction of sp³-hybridized carbons (Fsp3) is 0.231. The van der Waals surface area contributed by atoms with Crippen molar-refractivity contribution in [3.63, 3.8) is 0 Å². The Bertz CT molecular complexity index is 551. The van der Waals surface area contributed by atoms with E-state index in [2.05, 4.69) is 10.3 Å². The predicted molar refractivity (Wildman–Crippen MR) is 67.7 cm³/mol. The van der Waals surface area contributed by atoms with Crippen molar-refractivity contribution in [3.05, 3.63) is 48.3 Å². The second kappa shape index (κ2) is 6.10. The third-order valence-electron chi connectivity index (χ3n) is 2.53. The van der Waals surface area contributed by atoms with Crippen molar-refractivity contribution in [1.82, 2.24) is 14.9 Å². The number of imidazole rings is 1. The molecule has 0 radical (unpaired) electrons. The van der Waals surface area contributed by atoms with Crippen molar-refractivity contribution >= 4 is 5.91 Å². The molecule has 1 N–H and O–H groups in total. The van der Waals surface area contributed by atoms with Crippen LogP contribution in [0.15, 0.2) is 36.8 Å². The van der Waals surface area contributed by atoms with Crippen LogP contribution in [0.25, 0.3) is 5.69 Å². The van der Waals surface area contributed by atoms with Gasteiger partial charge in [0.25, 0.3) is 5.91 Å². The van der Waals surface area contributed by atoms with Gasteiger partial charge in [0.1, 0.15) is 17.8 Å². The van der Waals surface area contributed by atoms with Gasteiger partial charge in [-0.2, -0.15) is 0 Å². The van der Waals surface area contributed by atoms with Crippen LogP contribution in [0.5, 0.6) is 0 Å². The van der Waals surface area contributed by atoms with E-state index in [0.29, 0.717) is 18.8 Å². The Hall–Kier alpha value is -2.21. The molecule has 0 aliphatic rings. The number of benzene rings is 1. The maximum Gasteiger partial charge on any atom is 0.271 e. The summed E-state index contributed by atoms with van der Waals surface area (Å²) in [4.78, 5) is 15.7. The van der Waals surface area contributed by atoms with E-state index in [4.69, 9.17) is 4.74 Å². The predicted octanol–water partition coefficient (Wildman–Crippen LogP) is 1.39. The highest BCUT2D eigenvalue weighted by molar-refractivity contribution is 5.92. The van der Waals surface area contributed by atoms with Crippen LogP contribution < -0.4 is 5.32 Å². The van der Waals surface area contributed by atoms with Gasteiger partial charge in [0.05, 0.1) is 6.61 Å². The van der Waals surface area contributed by atoms with Crippen molar-refractivity contribution in [2.24, 2.45) is 0 Å². The number of rotatable bonds is 5. The molecule has 19 heavy (non-hydrogen) atoms. The first-order valence-electron chi connectivity index (χ1n) is 5.78. The summed E-state index contributed by atoms with van der Waals surface area (Å²) in [6.07, 6.45) is 3.11. The molecule has 1 amide bonds. The van der Waals surface area contributed by atoms with Gasteiger partial charge in [-0.15, -0.1) is 0 Å². The zero-order valence-electron chi connectivity index (χ0n) is 10.5. The highest BCUT2D eigenvalue weighted by Gasteiger charge is 2.09. The van der Waals surface area contributed by atoms with Crippen LogP contribution in [-0.4, -0.2) is 35.7 Å². The van der Waals surface area contributed by atoms with E-state index < -0.39 is 0 Å². The zero-order chi connectivity index (χ0) is 13.7. The van der Waals surface area contributed by atoms with Gasteiger partial charge in [-0.1, -0.05) is 0 Å². The lowest BCUT2D eigenvalue weighted by Crippen LogP contribution is -2.27. The number of carbonyl (C=O) groups excluding carboxylic acids is 1. The molecule has 0 unspecified atom stereocenters. The van der Waals surface area contributed by atoms with Gasteiger partial charge in [-0.25, -0.2) is 9.37 Å². The van der Waals surface area contributed by atoms with E-state index in [9.17, 15) is 9.18 Å². The zero-order valence-corrected chi connectivity index (χ0v) is 10.5. The van der Waals surface area contributed by atoms with Gasteiger partial charge in [0.2, 0.25) is 0 Å². The number of nitrogens with one attached hydrogen (secondary N) is 1. The molecule has 0 bridgehead atoms. The average molecular weight is 263 g/mol. The number of hydrogen-bond donors (Lipinski definition) is 1. The van der Waals surface area contributed by atoms with Gasteiger partial charge in [-0.05, 0) is 24.3 Å². The second-order valence-electron chi connectivity index (χ2n) is 3.89. The third kappa shape index (κ3) is 3.38. The summed E-state index contributed by atoms with van der Waals surface area (Å²) in [6.45, 7) is 0.878. The lowest BCUT2D eigenvalue weighted by Gasteiger charge is -2.02. The summed E-state index contributed by atoms with van der Waals surface area (Å²) in [5.41, 5.74) is 1.05. The number of nitrogens with zero attached hydrogens (tertiary/aromatic N) is 2. The summed E-state index contributed by atoms with van der Waals surface area (Å²) in [5, 5.41) is 2.67. The number of aromatic nitrogens is 2. The first-order valence-corrected chi connectivity index (χ1v) is 5.78. The van der Waals surface area contributed by atoms with E-state index in [1.54, 1.807) is 30.0 Å². The van der Waals surface area contributed by atoms with E-state index in [0.717, 1.165) is 5.69 Å². The highest BCUT2D eigenvalue weighted by atomic mass is 19.1. The molecular formula is C13H14FN3O2. The minimum absolute atomic E-state index is 0.266. The summed E-state index contributed by atoms with van der Waals surface area (Å²) >= 11 is 0. The van der Waals surface area contributed by atoms with Crippen LogP contribution in [0, 0.1) is 5.82 Å². The minimum atomic E-state index is -0.304. The molecule has 100 valence electrons. The Morgan fingerprint density at radius 3 is 2.84 bits per heavy atom. The maximum absolute atomic E-state index is 12.8. The van der Waals surface area contributed by atoms with Crippen molar-refractivity contribution in [1.29, 1.82) is 0 Å². The molecular weight excluding hydrogens is 249 g/mol. The molecule has 0 saturated carbocycles. The Kier molecular flexibility index (Phi) is 4.25. The molecule has 5 nitrogen and oxygen atoms in total. The molecule has 0 saturated heterocycles. The van der Waals surface area contributed by atoms with E-state index in [1.165, 1.54) is 18.5 Å². The molecule has 2 aromatic rings. The van der Waals surface area contributed by atoms with E-state index in [1.807, 2.05) is 0 Å². The summed E-state index contributed by atoms with van der Waals surface area (Å²) in [6, 6.07) is 5.94. The number of amides is 1. The van der Waals surface area contributed by atoms with Crippen molar-refractivity contribution in [2.45, 2.75) is 0 Å². The van der Waals surface area contributed by atoms with Crippen molar-refractivity contribution in [2.75, 3.05) is 20.3 Å². The smallest absolute Gasteiger partial charge is 0.271 e. The molecule has 2 rings (SSSR count). The van der Waals surface area contributed by atoms with Crippen LogP contribution in [0.4, 0.5) is 4.39 Å². The van der Waals surface area contributed by atoms with Crippen LogP contribution >= 0.6 is 0 Å². The molecule has 1 aromatic carbocycles. The fourth-order valence-electron chi connectivity index (χ4n) is 1.55. The molecule has 6 heteroatoms. The molecule has 0 atom stereocenters. The monoisotopic (exact) mass is 263 g/mol. The SMILES string of the molecule is COCCNC(=O)c1cn(-c2ccc(F)cc2)cn1. The highest BCUT2D eigenvalue weighted by Crippen LogP contribution is 2.09. The molecule has 0 fully saturated rings. The Morgan fingerprint density at radius 2 is 2.16 bits per heavy atom. The van der Waals surface area contributed by atoms with E-state index >= 15 is 0 Å². The van der Waals surface area contributed by atoms with E-state index in [-0.39, 0.29) is 11.7 Å². The summed E-state index contributed by atoms with van der Waals surface area (Å²) < 4.78 is 19.3. The standard InChI is InChI=1S/C13H14FN3O2/c1-19-7-6-15-13(18)12-8-17(9-16-12)11-4-2-10(14)3-5-11/h2-5,8-9H,6-7H2,1H3,(H,15,18). The first-order chi connectivity index (χ1) is 9.20. The number of carbonyl (C=O) groups is 1. The van der Waals surface area contributed by atoms with Gasteiger partial charge in [-0.3, -0.25) is 4.79 Å². The Balaban J connectivity index is 2.06. The number of methoxy groups -OCH3 is 1. The quantitative estimate of drug-likeness (QED) is 0.829. The molecule has 0 aliphatic heterocycles. The maximum atomic E-state index is 12.8. The average Bonchev–Trinajstić information content (AvgIpc) is 2.89. The number of ether oxygens (including phenoxy) is 1.